The van der Waals surface area contributed by atoms with Gasteiger partial charge >= 0.3 is 5.97 Å². The summed E-state index contributed by atoms with van der Waals surface area (Å²) in [7, 11) is 0. The van der Waals surface area contributed by atoms with Crippen LogP contribution in [-0.4, -0.2) is 72.5 Å². The van der Waals surface area contributed by atoms with Crippen molar-refractivity contribution in [3.63, 3.8) is 0 Å². The number of nitrogens with zero attached hydrogens (tertiary/aromatic N) is 1. The number of β-lactam (4-membered cyclic amide) rings is 1. The van der Waals surface area contributed by atoms with E-state index in [9.17, 15) is 34.2 Å². The van der Waals surface area contributed by atoms with Gasteiger partial charge in [0.25, 0.3) is 0 Å². The van der Waals surface area contributed by atoms with E-state index in [-0.39, 0.29) is 11.3 Å². The summed E-state index contributed by atoms with van der Waals surface area (Å²) >= 11 is 1.26. The fraction of sp³-hybridized carbons (Fsp3) is 0.476. The Morgan fingerprint density at radius 1 is 1.15 bits per heavy atom. The van der Waals surface area contributed by atoms with Crippen LogP contribution in [0.2, 0.25) is 0 Å². The Morgan fingerprint density at radius 3 is 2.26 bits per heavy atom. The fourth-order valence-corrected chi connectivity index (χ4v) is 5.78. The lowest BCUT2D eigenvalue weighted by Gasteiger charge is -2.48. The molecule has 0 saturated carbocycles. The second kappa shape index (κ2) is 8.80. The lowest BCUT2D eigenvalue weighted by Crippen LogP contribution is -2.75. The first-order valence-corrected chi connectivity index (χ1v) is 11.3. The predicted molar refractivity (Wildman–Crippen MR) is 121 cm³/mol. The van der Waals surface area contributed by atoms with Crippen LogP contribution in [-0.2, 0) is 24.0 Å². The molecule has 2 fully saturated rings. The highest BCUT2D eigenvalue weighted by molar-refractivity contribution is 8.01. The highest BCUT2D eigenvalue weighted by Gasteiger charge is 2.70. The number of primary amides is 1. The van der Waals surface area contributed by atoms with E-state index >= 15 is 0 Å². The maximum absolute atomic E-state index is 13.2. The topological polar surface area (TPSA) is 205 Å². The molecule has 1 aromatic rings. The summed E-state index contributed by atoms with van der Waals surface area (Å²) in [6.07, 6.45) is -0.437. The maximum Gasteiger partial charge on any atom is 0.330 e. The lowest BCUT2D eigenvalue weighted by atomic mass is 9.82. The molecule has 5 atom stereocenters. The molecule has 2 saturated heterocycles. The number of nitrogens with one attached hydrogen (secondary N) is 2. The van der Waals surface area contributed by atoms with Gasteiger partial charge in [0.05, 0.1) is 12.5 Å². The second-order valence-electron chi connectivity index (χ2n) is 8.90. The molecule has 1 unspecified atom stereocenters. The number of carbonyl (C=O) groups excluding carboxylic acids is 4. The van der Waals surface area contributed by atoms with Crippen molar-refractivity contribution in [1.29, 1.82) is 0 Å². The highest BCUT2D eigenvalue weighted by Crippen LogP contribution is 2.56. The van der Waals surface area contributed by atoms with Crippen molar-refractivity contribution in [3.05, 3.63) is 29.8 Å². The molecule has 13 heteroatoms. The zero-order valence-electron chi connectivity index (χ0n) is 18.8. The number of aliphatic carboxylic acids is 1. The van der Waals surface area contributed by atoms with Crippen LogP contribution in [0.1, 0.15) is 38.8 Å². The number of carboxylic acids is 1. The number of nitrogens with two attached hydrogens (primary N) is 2. The van der Waals surface area contributed by atoms with Crippen LogP contribution in [0.3, 0.4) is 0 Å². The van der Waals surface area contributed by atoms with Gasteiger partial charge in [-0.3, -0.25) is 19.2 Å². The Morgan fingerprint density at radius 2 is 1.74 bits per heavy atom. The second-order valence-corrected chi connectivity index (χ2v) is 10.6. The maximum atomic E-state index is 13.2. The summed E-state index contributed by atoms with van der Waals surface area (Å²) < 4.78 is -0.829. The molecule has 12 nitrogen and oxygen atoms in total. The number of aromatic hydroxyl groups is 1. The van der Waals surface area contributed by atoms with Crippen molar-refractivity contribution in [2.75, 3.05) is 0 Å². The lowest BCUT2D eigenvalue weighted by molar-refractivity contribution is -0.170. The van der Waals surface area contributed by atoms with Gasteiger partial charge in [0.1, 0.15) is 23.2 Å². The predicted octanol–water partition coefficient (Wildman–Crippen LogP) is -1.23. The number of phenolic OH excluding ortho intramolecular Hbond substituents is 1. The minimum atomic E-state index is -1.47. The van der Waals surface area contributed by atoms with E-state index in [0.717, 1.165) is 0 Å². The number of fused-ring (bicyclic) bond motifs is 1. The molecule has 3 rings (SSSR count). The summed E-state index contributed by atoms with van der Waals surface area (Å²) in [6, 6.07) is 1.83. The number of amides is 4. The van der Waals surface area contributed by atoms with Crippen molar-refractivity contribution in [2.24, 2.45) is 11.5 Å². The normalized spacial score (nSPS) is 26.6. The first-order valence-electron chi connectivity index (χ1n) is 10.4. The summed E-state index contributed by atoms with van der Waals surface area (Å²) in [5.41, 5.74) is 9.58. The van der Waals surface area contributed by atoms with Crippen LogP contribution < -0.4 is 22.1 Å². The molecule has 4 amide bonds. The summed E-state index contributed by atoms with van der Waals surface area (Å²) in [5, 5.41) is 23.8. The molecule has 184 valence electrons. The standard InChI is InChI=1S/C21H27N5O7S/c1-20(2)21(3,19(32)33)26-17(31)14(18(26)34-20)25-16(30)13(9-4-6-10(27)7-5-9)24-15(29)11(22)8-12(23)28/h4-7,11,13-14,18,27H,8,22H2,1-3H3,(H2,23,28)(H,24,29)(H,25,30)(H,32,33)/t11-,13?,14-,18-,21+/m1/s1. The van der Waals surface area contributed by atoms with Gasteiger partial charge in [-0.1, -0.05) is 12.1 Å². The van der Waals surface area contributed by atoms with E-state index < -0.39 is 69.8 Å². The van der Waals surface area contributed by atoms with Crippen molar-refractivity contribution in [2.45, 2.75) is 61.0 Å². The van der Waals surface area contributed by atoms with Gasteiger partial charge in [-0.2, -0.15) is 0 Å². The van der Waals surface area contributed by atoms with Gasteiger partial charge in [0.2, 0.25) is 23.6 Å². The smallest absolute Gasteiger partial charge is 0.330 e. The van der Waals surface area contributed by atoms with Gasteiger partial charge in [0.15, 0.2) is 5.54 Å². The largest absolute Gasteiger partial charge is 0.508 e. The minimum Gasteiger partial charge on any atom is -0.508 e. The van der Waals surface area contributed by atoms with E-state index in [2.05, 4.69) is 10.6 Å². The third kappa shape index (κ3) is 4.16. The monoisotopic (exact) mass is 493 g/mol. The van der Waals surface area contributed by atoms with Crippen LogP contribution in [0.5, 0.6) is 5.75 Å². The number of rotatable bonds is 8. The number of phenols is 1. The zero-order valence-corrected chi connectivity index (χ0v) is 19.6. The Kier molecular flexibility index (Phi) is 6.55. The first kappa shape index (κ1) is 25.3. The number of hydrogen-bond donors (Lipinski definition) is 6. The first-order chi connectivity index (χ1) is 15.7. The third-order valence-corrected chi connectivity index (χ3v) is 8.07. The van der Waals surface area contributed by atoms with E-state index in [1.165, 1.54) is 47.9 Å². The van der Waals surface area contributed by atoms with E-state index in [1.54, 1.807) is 13.8 Å². The van der Waals surface area contributed by atoms with Gasteiger partial charge in [0, 0.05) is 4.75 Å². The molecule has 34 heavy (non-hydrogen) atoms. The van der Waals surface area contributed by atoms with Gasteiger partial charge in [-0.25, -0.2) is 4.79 Å². The van der Waals surface area contributed by atoms with Gasteiger partial charge < -0.3 is 37.2 Å². The van der Waals surface area contributed by atoms with Crippen LogP contribution in [0, 0.1) is 0 Å². The minimum absolute atomic E-state index is 0.0676. The molecular weight excluding hydrogens is 466 g/mol. The average Bonchev–Trinajstić information content (AvgIpc) is 2.94. The number of benzene rings is 1. The fourth-order valence-electron chi connectivity index (χ4n) is 4.02. The summed E-state index contributed by atoms with van der Waals surface area (Å²) in [6.45, 7) is 4.91. The molecule has 8 N–H and O–H groups in total. The molecule has 1 aromatic carbocycles. The third-order valence-electron chi connectivity index (χ3n) is 6.36. The molecule has 0 bridgehead atoms. The Hall–Kier alpha value is -3.32. The summed E-state index contributed by atoms with van der Waals surface area (Å²) in [5.74, 6) is -4.13. The summed E-state index contributed by atoms with van der Waals surface area (Å²) in [4.78, 5) is 62.9. The number of hydrogen-bond acceptors (Lipinski definition) is 8. The molecule has 0 radical (unpaired) electrons. The Bertz CT molecular complexity index is 1050. The van der Waals surface area contributed by atoms with Crippen LogP contribution in [0.4, 0.5) is 0 Å². The Labute approximate surface area is 199 Å². The molecule has 2 aliphatic heterocycles. The highest BCUT2D eigenvalue weighted by atomic mass is 32.2. The average molecular weight is 494 g/mol. The molecule has 2 aliphatic rings. The van der Waals surface area contributed by atoms with E-state index in [1.807, 2.05) is 0 Å². The molecule has 0 aromatic heterocycles. The van der Waals surface area contributed by atoms with E-state index in [4.69, 9.17) is 11.5 Å². The van der Waals surface area contributed by atoms with Crippen LogP contribution >= 0.6 is 11.8 Å². The van der Waals surface area contributed by atoms with Crippen molar-refractivity contribution < 1.29 is 34.2 Å². The van der Waals surface area contributed by atoms with Crippen molar-refractivity contribution in [1.82, 2.24) is 15.5 Å². The zero-order chi connectivity index (χ0) is 25.6. The van der Waals surface area contributed by atoms with E-state index in [0.29, 0.717) is 0 Å². The quantitative estimate of drug-likeness (QED) is 0.240. The van der Waals surface area contributed by atoms with Crippen LogP contribution in [0.15, 0.2) is 24.3 Å². The molecular formula is C21H27N5O7S. The SMILES string of the molecule is CC1(C)S[C@@H]2[C@H](NC(=O)C(NC(=O)[C@H](N)CC(N)=O)c3ccc(O)cc3)C(=O)N2[C@@]1(C)C(=O)O. The number of carbonyl (C=O) groups is 5. The van der Waals surface area contributed by atoms with Crippen molar-refractivity contribution >= 4 is 41.4 Å². The molecule has 0 spiro atoms. The Balaban J connectivity index is 1.82. The van der Waals surface area contributed by atoms with Crippen LogP contribution in [0.25, 0.3) is 0 Å². The van der Waals surface area contributed by atoms with Gasteiger partial charge in [-0.05, 0) is 38.5 Å². The van der Waals surface area contributed by atoms with Gasteiger partial charge in [-0.15, -0.1) is 11.8 Å². The molecule has 2 heterocycles. The molecule has 0 aliphatic carbocycles. The van der Waals surface area contributed by atoms with Crippen molar-refractivity contribution in [3.8, 4) is 5.75 Å². The number of carboxylic acid groups (broad SMARTS) is 1. The number of thioether (sulfide) groups is 1.